The number of hydrogen-bond donors (Lipinski definition) is 1. The molecule has 1 nitrogen and oxygen atoms in total. The Morgan fingerprint density at radius 2 is 2.05 bits per heavy atom. The van der Waals surface area contributed by atoms with Crippen molar-refractivity contribution in [3.63, 3.8) is 0 Å². The van der Waals surface area contributed by atoms with Crippen LogP contribution >= 0.6 is 27.3 Å². The van der Waals surface area contributed by atoms with E-state index in [0.29, 0.717) is 6.04 Å². The highest BCUT2D eigenvalue weighted by Gasteiger charge is 2.15. The normalized spacial score (nSPS) is 12.6. The molecular formula is C16H20BrNS. The van der Waals surface area contributed by atoms with E-state index in [4.69, 9.17) is 0 Å². The van der Waals surface area contributed by atoms with Crippen molar-refractivity contribution in [3.8, 4) is 0 Å². The Morgan fingerprint density at radius 1 is 1.26 bits per heavy atom. The summed E-state index contributed by atoms with van der Waals surface area (Å²) >= 11 is 5.46. The molecule has 2 rings (SSSR count). The molecule has 1 aromatic carbocycles. The second-order valence-electron chi connectivity index (χ2n) is 4.87. The van der Waals surface area contributed by atoms with Crippen LogP contribution in [0.3, 0.4) is 0 Å². The molecule has 1 heterocycles. The van der Waals surface area contributed by atoms with Crippen LogP contribution in [-0.2, 0) is 6.42 Å². The van der Waals surface area contributed by atoms with Gasteiger partial charge < -0.3 is 5.32 Å². The Hall–Kier alpha value is -0.640. The van der Waals surface area contributed by atoms with E-state index >= 15 is 0 Å². The summed E-state index contributed by atoms with van der Waals surface area (Å²) in [5, 5.41) is 5.76. The predicted octanol–water partition coefficient (Wildman–Crippen LogP) is 5.02. The summed E-state index contributed by atoms with van der Waals surface area (Å²) in [7, 11) is 0. The maximum absolute atomic E-state index is 3.63. The Labute approximate surface area is 128 Å². The Balaban J connectivity index is 2.29. The van der Waals surface area contributed by atoms with Gasteiger partial charge in [0.25, 0.3) is 0 Å². The quantitative estimate of drug-likeness (QED) is 0.807. The third kappa shape index (κ3) is 3.68. The molecule has 0 spiro atoms. The lowest BCUT2D eigenvalue weighted by Crippen LogP contribution is -2.23. The summed E-state index contributed by atoms with van der Waals surface area (Å²) in [5.41, 5.74) is 4.11. The van der Waals surface area contributed by atoms with Gasteiger partial charge in [0.1, 0.15) is 0 Å². The molecular weight excluding hydrogens is 318 g/mol. The van der Waals surface area contributed by atoms with Gasteiger partial charge in [0.05, 0.1) is 0 Å². The average molecular weight is 338 g/mol. The van der Waals surface area contributed by atoms with Crippen LogP contribution in [0.2, 0.25) is 0 Å². The van der Waals surface area contributed by atoms with Gasteiger partial charge in [-0.25, -0.2) is 0 Å². The van der Waals surface area contributed by atoms with E-state index in [9.17, 15) is 0 Å². The van der Waals surface area contributed by atoms with Crippen LogP contribution in [0.25, 0.3) is 0 Å². The molecule has 0 amide bonds. The fraction of sp³-hybridized carbons (Fsp3) is 0.375. The predicted molar refractivity (Wildman–Crippen MR) is 88.1 cm³/mol. The molecule has 0 bridgehead atoms. The number of nitrogens with one attached hydrogen (secondary N) is 1. The molecule has 102 valence electrons. The average Bonchev–Trinajstić information content (AvgIpc) is 2.78. The zero-order valence-corrected chi connectivity index (χ0v) is 14.1. The molecule has 0 aliphatic carbocycles. The number of likely N-dealkylation sites (N-methyl/N-ethyl adjacent to an activating group) is 1. The second-order valence-corrected chi connectivity index (χ2v) is 6.72. The smallest absolute Gasteiger partial charge is 0.0371 e. The highest BCUT2D eigenvalue weighted by Crippen LogP contribution is 2.29. The number of aryl methyl sites for hydroxylation is 2. The van der Waals surface area contributed by atoms with Crippen molar-refractivity contribution in [2.24, 2.45) is 0 Å². The lowest BCUT2D eigenvalue weighted by Gasteiger charge is -2.20. The van der Waals surface area contributed by atoms with Crippen LogP contribution in [0.1, 0.15) is 34.5 Å². The van der Waals surface area contributed by atoms with Crippen LogP contribution in [0.4, 0.5) is 0 Å². The van der Waals surface area contributed by atoms with Crippen molar-refractivity contribution in [3.05, 3.63) is 55.7 Å². The largest absolute Gasteiger partial charge is 0.310 e. The van der Waals surface area contributed by atoms with Gasteiger partial charge in [0.15, 0.2) is 0 Å². The van der Waals surface area contributed by atoms with Crippen molar-refractivity contribution in [1.82, 2.24) is 5.32 Å². The maximum atomic E-state index is 3.63. The summed E-state index contributed by atoms with van der Waals surface area (Å²) < 4.78 is 1.23. The molecule has 0 radical (unpaired) electrons. The highest BCUT2D eigenvalue weighted by molar-refractivity contribution is 9.10. The summed E-state index contributed by atoms with van der Waals surface area (Å²) in [6.07, 6.45) is 1.04. The van der Waals surface area contributed by atoms with E-state index in [1.54, 1.807) is 0 Å². The van der Waals surface area contributed by atoms with Crippen LogP contribution in [0, 0.1) is 13.8 Å². The number of benzene rings is 1. The van der Waals surface area contributed by atoms with Crippen molar-refractivity contribution in [2.75, 3.05) is 6.54 Å². The maximum Gasteiger partial charge on any atom is 0.0371 e. The van der Waals surface area contributed by atoms with E-state index in [2.05, 4.69) is 71.7 Å². The first-order chi connectivity index (χ1) is 9.11. The van der Waals surface area contributed by atoms with Crippen molar-refractivity contribution in [1.29, 1.82) is 0 Å². The van der Waals surface area contributed by atoms with Gasteiger partial charge in [-0.05, 0) is 58.9 Å². The third-order valence-corrected chi connectivity index (χ3v) is 5.29. The molecule has 0 aliphatic heterocycles. The number of hydrogen-bond acceptors (Lipinski definition) is 2. The second kappa shape index (κ2) is 6.69. The summed E-state index contributed by atoms with van der Waals surface area (Å²) in [5.74, 6) is 0. The first kappa shape index (κ1) is 14.8. The molecule has 1 aromatic heterocycles. The first-order valence-electron chi connectivity index (χ1n) is 6.64. The zero-order valence-electron chi connectivity index (χ0n) is 11.7. The van der Waals surface area contributed by atoms with Gasteiger partial charge >= 0.3 is 0 Å². The minimum Gasteiger partial charge on any atom is -0.310 e. The molecule has 1 unspecified atom stereocenters. The van der Waals surface area contributed by atoms with Gasteiger partial charge in [-0.15, -0.1) is 11.3 Å². The van der Waals surface area contributed by atoms with Gasteiger partial charge in [0, 0.05) is 21.8 Å². The lowest BCUT2D eigenvalue weighted by molar-refractivity contribution is 0.550. The third-order valence-electron chi connectivity index (χ3n) is 3.34. The summed E-state index contributed by atoms with van der Waals surface area (Å²) in [4.78, 5) is 1.41. The van der Waals surface area contributed by atoms with Gasteiger partial charge in [-0.3, -0.25) is 0 Å². The van der Waals surface area contributed by atoms with Crippen molar-refractivity contribution >= 4 is 27.3 Å². The highest BCUT2D eigenvalue weighted by atomic mass is 79.9. The van der Waals surface area contributed by atoms with Crippen molar-refractivity contribution in [2.45, 2.75) is 33.2 Å². The number of halogens is 1. The Morgan fingerprint density at radius 3 is 2.68 bits per heavy atom. The number of rotatable bonds is 5. The summed E-state index contributed by atoms with van der Waals surface area (Å²) in [6, 6.07) is 9.23. The lowest BCUT2D eigenvalue weighted by atomic mass is 9.96. The van der Waals surface area contributed by atoms with E-state index < -0.39 is 0 Å². The first-order valence-corrected chi connectivity index (χ1v) is 8.31. The zero-order chi connectivity index (χ0) is 13.8. The molecule has 0 fully saturated rings. The standard InChI is InChI=1S/C16H20BrNS/c1-4-18-15(10-16-14(17)7-8-19-16)13-9-11(2)5-6-12(13)3/h5-9,15,18H,4,10H2,1-3H3. The van der Waals surface area contributed by atoms with Crippen LogP contribution in [-0.4, -0.2) is 6.54 Å². The fourth-order valence-corrected chi connectivity index (χ4v) is 3.89. The molecule has 2 aromatic rings. The van der Waals surface area contributed by atoms with E-state index in [0.717, 1.165) is 13.0 Å². The van der Waals surface area contributed by atoms with Gasteiger partial charge in [0.2, 0.25) is 0 Å². The topological polar surface area (TPSA) is 12.0 Å². The molecule has 1 N–H and O–H groups in total. The minimum absolute atomic E-state index is 0.389. The molecule has 1 atom stereocenters. The van der Waals surface area contributed by atoms with E-state index in [1.807, 2.05) is 11.3 Å². The molecule has 0 saturated heterocycles. The van der Waals surface area contributed by atoms with Crippen LogP contribution in [0.15, 0.2) is 34.1 Å². The van der Waals surface area contributed by atoms with E-state index in [1.165, 1.54) is 26.0 Å². The van der Waals surface area contributed by atoms with Gasteiger partial charge in [-0.1, -0.05) is 30.7 Å². The van der Waals surface area contributed by atoms with Crippen LogP contribution < -0.4 is 5.32 Å². The Kier molecular flexibility index (Phi) is 5.20. The minimum atomic E-state index is 0.389. The summed E-state index contributed by atoms with van der Waals surface area (Å²) in [6.45, 7) is 7.51. The monoisotopic (exact) mass is 337 g/mol. The molecule has 0 aliphatic rings. The SMILES string of the molecule is CCNC(Cc1sccc1Br)c1cc(C)ccc1C. The van der Waals surface area contributed by atoms with Crippen molar-refractivity contribution < 1.29 is 0 Å². The van der Waals surface area contributed by atoms with E-state index in [-0.39, 0.29) is 0 Å². The van der Waals surface area contributed by atoms with Crippen LogP contribution in [0.5, 0.6) is 0 Å². The van der Waals surface area contributed by atoms with Gasteiger partial charge in [-0.2, -0.15) is 0 Å². The number of thiophene rings is 1. The molecule has 0 saturated carbocycles. The molecule has 19 heavy (non-hydrogen) atoms. The fourth-order valence-electron chi connectivity index (χ4n) is 2.33. The Bertz CT molecular complexity index is 547. The molecule has 3 heteroatoms.